The Balaban J connectivity index is 1.86. The number of nitrogens with one attached hydrogen (secondary N) is 1. The Bertz CT molecular complexity index is 391. The number of benzene rings is 1. The topological polar surface area (TPSA) is 38.3 Å². The van der Waals surface area contributed by atoms with Gasteiger partial charge >= 0.3 is 0 Å². The molecular formula is C13H17NO2S. The third-order valence-corrected chi connectivity index (χ3v) is 3.39. The highest BCUT2D eigenvalue weighted by atomic mass is 32.2. The van der Waals surface area contributed by atoms with Crippen molar-refractivity contribution in [2.75, 3.05) is 12.4 Å². The number of carbonyl (C=O) groups excluding carboxylic acids is 1. The van der Waals surface area contributed by atoms with Crippen LogP contribution in [0, 0.1) is 0 Å². The number of amides is 1. The molecule has 0 unspecified atom stereocenters. The molecule has 1 aliphatic rings. The number of hydrogen-bond acceptors (Lipinski definition) is 3. The van der Waals surface area contributed by atoms with Gasteiger partial charge in [0.2, 0.25) is 0 Å². The second-order valence-electron chi connectivity index (χ2n) is 4.01. The van der Waals surface area contributed by atoms with Crippen LogP contribution in [-0.2, 0) is 4.79 Å². The van der Waals surface area contributed by atoms with E-state index in [1.165, 1.54) is 0 Å². The van der Waals surface area contributed by atoms with Gasteiger partial charge in [-0.05, 0) is 30.7 Å². The first-order valence-electron chi connectivity index (χ1n) is 5.93. The quantitative estimate of drug-likeness (QED) is 0.789. The van der Waals surface area contributed by atoms with Crippen LogP contribution in [0.25, 0.3) is 0 Å². The van der Waals surface area contributed by atoms with Crippen molar-refractivity contribution in [3.05, 3.63) is 24.3 Å². The maximum atomic E-state index is 11.5. The van der Waals surface area contributed by atoms with Crippen molar-refractivity contribution in [2.24, 2.45) is 0 Å². The normalized spacial score (nSPS) is 14.4. The van der Waals surface area contributed by atoms with E-state index in [0.29, 0.717) is 6.04 Å². The third kappa shape index (κ3) is 3.97. The van der Waals surface area contributed by atoms with Crippen LogP contribution in [0.3, 0.4) is 0 Å². The standard InChI is InChI=1S/C13H17NO2S/c1-2-17-12-6-4-3-5-11(12)16-9-13(15)14-10-7-8-10/h3-6,10H,2,7-9H2,1H3,(H,14,15). The lowest BCUT2D eigenvalue weighted by molar-refractivity contribution is -0.123. The molecule has 0 radical (unpaired) electrons. The Labute approximate surface area is 106 Å². The smallest absolute Gasteiger partial charge is 0.258 e. The lowest BCUT2D eigenvalue weighted by atomic mass is 10.3. The molecule has 92 valence electrons. The Morgan fingerprint density at radius 2 is 2.24 bits per heavy atom. The maximum absolute atomic E-state index is 11.5. The Kier molecular flexibility index (Phi) is 4.31. The summed E-state index contributed by atoms with van der Waals surface area (Å²) in [5.41, 5.74) is 0. The molecule has 1 N–H and O–H groups in total. The SMILES string of the molecule is CCSc1ccccc1OCC(=O)NC1CC1. The van der Waals surface area contributed by atoms with Crippen LogP contribution >= 0.6 is 11.8 Å². The van der Waals surface area contributed by atoms with Crippen LogP contribution in [0.15, 0.2) is 29.2 Å². The summed E-state index contributed by atoms with van der Waals surface area (Å²) in [5, 5.41) is 2.90. The second kappa shape index (κ2) is 5.96. The fourth-order valence-corrected chi connectivity index (χ4v) is 2.24. The van der Waals surface area contributed by atoms with E-state index in [2.05, 4.69) is 12.2 Å². The van der Waals surface area contributed by atoms with E-state index in [-0.39, 0.29) is 12.5 Å². The molecule has 0 bridgehead atoms. The summed E-state index contributed by atoms with van der Waals surface area (Å²) in [7, 11) is 0. The van der Waals surface area contributed by atoms with Gasteiger partial charge in [0.05, 0.1) is 0 Å². The summed E-state index contributed by atoms with van der Waals surface area (Å²) >= 11 is 1.72. The first-order chi connectivity index (χ1) is 8.29. The molecule has 0 heterocycles. The molecule has 0 saturated heterocycles. The molecule has 3 nitrogen and oxygen atoms in total. The number of rotatable bonds is 6. The number of carbonyl (C=O) groups is 1. The van der Waals surface area contributed by atoms with Gasteiger partial charge in [0.1, 0.15) is 5.75 Å². The number of ether oxygens (including phenoxy) is 1. The van der Waals surface area contributed by atoms with E-state index in [1.54, 1.807) is 11.8 Å². The predicted octanol–water partition coefficient (Wildman–Crippen LogP) is 2.46. The van der Waals surface area contributed by atoms with Gasteiger partial charge in [-0.3, -0.25) is 4.79 Å². The van der Waals surface area contributed by atoms with Crippen LogP contribution in [-0.4, -0.2) is 24.3 Å². The number of hydrogen-bond donors (Lipinski definition) is 1. The van der Waals surface area contributed by atoms with Gasteiger partial charge < -0.3 is 10.1 Å². The summed E-state index contributed by atoms with van der Waals surface area (Å²) < 4.78 is 5.55. The van der Waals surface area contributed by atoms with Crippen LogP contribution < -0.4 is 10.1 Å². The minimum atomic E-state index is -0.0243. The van der Waals surface area contributed by atoms with Gasteiger partial charge in [-0.15, -0.1) is 11.8 Å². The molecule has 1 amide bonds. The lowest BCUT2D eigenvalue weighted by Crippen LogP contribution is -2.30. The maximum Gasteiger partial charge on any atom is 0.258 e. The molecule has 1 aromatic carbocycles. The van der Waals surface area contributed by atoms with Gasteiger partial charge in [0.25, 0.3) is 5.91 Å². The zero-order valence-corrected chi connectivity index (χ0v) is 10.8. The lowest BCUT2D eigenvalue weighted by Gasteiger charge is -2.10. The molecule has 17 heavy (non-hydrogen) atoms. The molecule has 1 saturated carbocycles. The molecule has 0 aliphatic heterocycles. The Morgan fingerprint density at radius 1 is 1.47 bits per heavy atom. The van der Waals surface area contributed by atoms with E-state index in [0.717, 1.165) is 29.2 Å². The predicted molar refractivity (Wildman–Crippen MR) is 69.5 cm³/mol. The summed E-state index contributed by atoms with van der Waals surface area (Å²) in [5.74, 6) is 1.77. The first kappa shape index (κ1) is 12.3. The highest BCUT2D eigenvalue weighted by molar-refractivity contribution is 7.99. The largest absolute Gasteiger partial charge is 0.483 e. The number of para-hydroxylation sites is 1. The molecule has 0 atom stereocenters. The summed E-state index contributed by atoms with van der Waals surface area (Å²) in [6.45, 7) is 2.21. The van der Waals surface area contributed by atoms with Gasteiger partial charge in [0.15, 0.2) is 6.61 Å². The van der Waals surface area contributed by atoms with Crippen molar-refractivity contribution in [1.29, 1.82) is 0 Å². The zero-order chi connectivity index (χ0) is 12.1. The van der Waals surface area contributed by atoms with Crippen molar-refractivity contribution in [1.82, 2.24) is 5.32 Å². The monoisotopic (exact) mass is 251 g/mol. The number of thioether (sulfide) groups is 1. The molecule has 2 rings (SSSR count). The van der Waals surface area contributed by atoms with E-state index in [9.17, 15) is 4.79 Å². The first-order valence-corrected chi connectivity index (χ1v) is 6.92. The van der Waals surface area contributed by atoms with E-state index >= 15 is 0 Å². The van der Waals surface area contributed by atoms with Crippen molar-refractivity contribution in [3.63, 3.8) is 0 Å². The van der Waals surface area contributed by atoms with Crippen molar-refractivity contribution in [3.8, 4) is 5.75 Å². The fourth-order valence-electron chi connectivity index (χ4n) is 1.48. The van der Waals surface area contributed by atoms with Gasteiger partial charge in [0, 0.05) is 10.9 Å². The minimum Gasteiger partial charge on any atom is -0.483 e. The van der Waals surface area contributed by atoms with Crippen molar-refractivity contribution >= 4 is 17.7 Å². The molecule has 1 fully saturated rings. The van der Waals surface area contributed by atoms with Crippen molar-refractivity contribution in [2.45, 2.75) is 30.7 Å². The molecule has 4 heteroatoms. The van der Waals surface area contributed by atoms with Gasteiger partial charge in [-0.2, -0.15) is 0 Å². The molecular weight excluding hydrogens is 234 g/mol. The van der Waals surface area contributed by atoms with E-state index < -0.39 is 0 Å². The molecule has 0 aromatic heterocycles. The minimum absolute atomic E-state index is 0.0243. The van der Waals surface area contributed by atoms with E-state index in [1.807, 2.05) is 24.3 Å². The van der Waals surface area contributed by atoms with Crippen molar-refractivity contribution < 1.29 is 9.53 Å². The van der Waals surface area contributed by atoms with Gasteiger partial charge in [-0.1, -0.05) is 19.1 Å². The van der Waals surface area contributed by atoms with Crippen LogP contribution in [0.1, 0.15) is 19.8 Å². The fraction of sp³-hybridized carbons (Fsp3) is 0.462. The van der Waals surface area contributed by atoms with Crippen LogP contribution in [0.5, 0.6) is 5.75 Å². The average molecular weight is 251 g/mol. The van der Waals surface area contributed by atoms with Gasteiger partial charge in [-0.25, -0.2) is 0 Å². The molecule has 1 aliphatic carbocycles. The van der Waals surface area contributed by atoms with Crippen LogP contribution in [0.4, 0.5) is 0 Å². The Morgan fingerprint density at radius 3 is 2.94 bits per heavy atom. The highest BCUT2D eigenvalue weighted by Gasteiger charge is 2.23. The van der Waals surface area contributed by atoms with E-state index in [4.69, 9.17) is 4.74 Å². The molecule has 1 aromatic rings. The summed E-state index contributed by atoms with van der Waals surface area (Å²) in [6, 6.07) is 8.22. The zero-order valence-electron chi connectivity index (χ0n) is 9.94. The summed E-state index contributed by atoms with van der Waals surface area (Å²) in [4.78, 5) is 12.6. The highest BCUT2D eigenvalue weighted by Crippen LogP contribution is 2.28. The Hall–Kier alpha value is -1.16. The summed E-state index contributed by atoms with van der Waals surface area (Å²) in [6.07, 6.45) is 2.21. The molecule has 0 spiro atoms. The second-order valence-corrected chi connectivity index (χ2v) is 5.32. The van der Waals surface area contributed by atoms with Crippen LogP contribution in [0.2, 0.25) is 0 Å². The third-order valence-electron chi connectivity index (χ3n) is 2.45. The average Bonchev–Trinajstić information content (AvgIpc) is 3.12.